The number of aryl methyl sites for hydroxylation is 1. The molecule has 0 aliphatic rings. The van der Waals surface area contributed by atoms with Crippen LogP contribution in [-0.4, -0.2) is 40.4 Å². The summed E-state index contributed by atoms with van der Waals surface area (Å²) in [6.07, 6.45) is 0. The Morgan fingerprint density at radius 2 is 1.86 bits per heavy atom. The van der Waals surface area contributed by atoms with Crippen LogP contribution in [0.15, 0.2) is 48.5 Å². The highest BCUT2D eigenvalue weighted by Gasteiger charge is 2.29. The number of hydrogen-bond donors (Lipinski definition) is 2. The number of anilines is 1. The van der Waals surface area contributed by atoms with Gasteiger partial charge in [0.25, 0.3) is 5.69 Å². The number of nitro groups is 1. The Kier molecular flexibility index (Phi) is 6.84. The maximum atomic E-state index is 13.0. The van der Waals surface area contributed by atoms with E-state index in [9.17, 15) is 24.8 Å². The normalized spacial score (nSPS) is 13.0. The number of nitrogens with zero attached hydrogens (tertiary/aromatic N) is 2. The van der Waals surface area contributed by atoms with E-state index in [0.717, 1.165) is 0 Å². The summed E-state index contributed by atoms with van der Waals surface area (Å²) in [5, 5.41) is 23.1. The molecule has 2 unspecified atom stereocenters. The maximum absolute atomic E-state index is 13.0. The van der Waals surface area contributed by atoms with Gasteiger partial charge in [0.1, 0.15) is 11.7 Å². The van der Waals surface area contributed by atoms with E-state index in [1.165, 1.54) is 12.1 Å². The van der Waals surface area contributed by atoms with Gasteiger partial charge in [0.05, 0.1) is 10.8 Å². The summed E-state index contributed by atoms with van der Waals surface area (Å²) in [4.78, 5) is 36.7. The number of carboxylic acid groups (broad SMARTS) is 1. The van der Waals surface area contributed by atoms with Crippen molar-refractivity contribution in [3.63, 3.8) is 0 Å². The van der Waals surface area contributed by atoms with Gasteiger partial charge in [-0.15, -0.1) is 0 Å². The minimum atomic E-state index is -0.965. The molecular weight excluding hydrogens is 362 g/mol. The van der Waals surface area contributed by atoms with Crippen LogP contribution >= 0.6 is 0 Å². The molecule has 0 aromatic heterocycles. The number of carbonyl (C=O) groups is 2. The lowest BCUT2D eigenvalue weighted by atomic mass is 10.0. The van der Waals surface area contributed by atoms with Crippen LogP contribution in [0.4, 0.5) is 11.4 Å². The van der Waals surface area contributed by atoms with Crippen LogP contribution < -0.4 is 5.32 Å². The molecule has 0 bridgehead atoms. The highest BCUT2D eigenvalue weighted by molar-refractivity contribution is 5.97. The number of nitrogens with one attached hydrogen (secondary N) is 1. The summed E-state index contributed by atoms with van der Waals surface area (Å²) in [6, 6.07) is 12.6. The molecular formula is C20H23N3O5. The average Bonchev–Trinajstić information content (AvgIpc) is 2.64. The fraction of sp³-hybridized carbons (Fsp3) is 0.300. The standard InChI is InChI=1S/C20H23N3O5/c1-13-9-10-16(17(11-13)23(27)28)21-19(24)18(15-7-5-4-6-8-15)22(3)12-14(2)20(25)26/h4-11,14,18H,12H2,1-3H3,(H,21,24)(H,25,26). The van der Waals surface area contributed by atoms with Gasteiger partial charge < -0.3 is 10.4 Å². The molecule has 28 heavy (non-hydrogen) atoms. The van der Waals surface area contributed by atoms with Crippen LogP contribution in [0.1, 0.15) is 24.1 Å². The Morgan fingerprint density at radius 1 is 1.21 bits per heavy atom. The van der Waals surface area contributed by atoms with Crippen molar-refractivity contribution < 1.29 is 19.6 Å². The van der Waals surface area contributed by atoms with E-state index in [1.54, 1.807) is 56.1 Å². The number of likely N-dealkylation sites (N-methyl/N-ethyl adjacent to an activating group) is 1. The van der Waals surface area contributed by atoms with Crippen molar-refractivity contribution in [3.05, 3.63) is 69.8 Å². The van der Waals surface area contributed by atoms with Gasteiger partial charge in [-0.1, -0.05) is 43.3 Å². The lowest BCUT2D eigenvalue weighted by Gasteiger charge is -2.28. The lowest BCUT2D eigenvalue weighted by molar-refractivity contribution is -0.384. The molecule has 8 heteroatoms. The minimum absolute atomic E-state index is 0.0983. The van der Waals surface area contributed by atoms with Crippen molar-refractivity contribution in [3.8, 4) is 0 Å². The predicted molar refractivity (Wildman–Crippen MR) is 105 cm³/mol. The van der Waals surface area contributed by atoms with Crippen LogP contribution in [-0.2, 0) is 9.59 Å². The number of carbonyl (C=O) groups excluding carboxylic acids is 1. The zero-order valence-corrected chi connectivity index (χ0v) is 16.0. The van der Waals surface area contributed by atoms with Gasteiger partial charge in [-0.3, -0.25) is 24.6 Å². The smallest absolute Gasteiger partial charge is 0.307 e. The van der Waals surface area contributed by atoms with Gasteiger partial charge in [0, 0.05) is 12.6 Å². The first kappa shape index (κ1) is 21.0. The second kappa shape index (κ2) is 9.09. The summed E-state index contributed by atoms with van der Waals surface area (Å²) < 4.78 is 0. The summed E-state index contributed by atoms with van der Waals surface area (Å²) in [6.45, 7) is 3.42. The Morgan fingerprint density at radius 3 is 2.43 bits per heavy atom. The van der Waals surface area contributed by atoms with Crippen molar-refractivity contribution in [2.45, 2.75) is 19.9 Å². The van der Waals surface area contributed by atoms with Gasteiger partial charge in [-0.05, 0) is 31.2 Å². The van der Waals surface area contributed by atoms with E-state index < -0.39 is 28.8 Å². The Hall–Kier alpha value is -3.26. The summed E-state index contributed by atoms with van der Waals surface area (Å²) in [7, 11) is 1.65. The molecule has 2 aromatic rings. The average molecular weight is 385 g/mol. The maximum Gasteiger partial charge on any atom is 0.307 e. The first-order chi connectivity index (χ1) is 13.2. The van der Waals surface area contributed by atoms with E-state index in [0.29, 0.717) is 11.1 Å². The third-order valence-corrected chi connectivity index (χ3v) is 4.40. The van der Waals surface area contributed by atoms with Gasteiger partial charge >= 0.3 is 5.97 Å². The second-order valence-electron chi connectivity index (χ2n) is 6.76. The molecule has 8 nitrogen and oxygen atoms in total. The van der Waals surface area contributed by atoms with Gasteiger partial charge in [0.2, 0.25) is 5.91 Å². The first-order valence-corrected chi connectivity index (χ1v) is 8.74. The van der Waals surface area contributed by atoms with Crippen molar-refractivity contribution in [2.24, 2.45) is 5.92 Å². The largest absolute Gasteiger partial charge is 0.481 e. The SMILES string of the molecule is Cc1ccc(NC(=O)C(c2ccccc2)N(C)CC(C)C(=O)O)c([N+](=O)[O-])c1. The quantitative estimate of drug-likeness (QED) is 0.533. The molecule has 2 N–H and O–H groups in total. The lowest BCUT2D eigenvalue weighted by Crippen LogP contribution is -2.38. The van der Waals surface area contributed by atoms with E-state index in [1.807, 2.05) is 6.07 Å². The molecule has 2 aromatic carbocycles. The van der Waals surface area contributed by atoms with E-state index >= 15 is 0 Å². The van der Waals surface area contributed by atoms with Crippen LogP contribution in [0.5, 0.6) is 0 Å². The summed E-state index contributed by atoms with van der Waals surface area (Å²) in [5.41, 5.74) is 1.27. The monoisotopic (exact) mass is 385 g/mol. The number of rotatable bonds is 8. The Balaban J connectivity index is 2.35. The Bertz CT molecular complexity index is 869. The van der Waals surface area contributed by atoms with Gasteiger partial charge in [-0.2, -0.15) is 0 Å². The molecule has 0 aliphatic heterocycles. The van der Waals surface area contributed by atoms with Crippen molar-refractivity contribution in [2.75, 3.05) is 18.9 Å². The minimum Gasteiger partial charge on any atom is -0.481 e. The highest BCUT2D eigenvalue weighted by Crippen LogP contribution is 2.28. The van der Waals surface area contributed by atoms with Crippen LogP contribution in [0.25, 0.3) is 0 Å². The third kappa shape index (κ3) is 5.14. The number of carboxylic acids is 1. The van der Waals surface area contributed by atoms with E-state index in [4.69, 9.17) is 0 Å². The van der Waals surface area contributed by atoms with Crippen molar-refractivity contribution in [1.82, 2.24) is 4.90 Å². The Labute approximate surface area is 162 Å². The van der Waals surface area contributed by atoms with Crippen LogP contribution in [0.2, 0.25) is 0 Å². The fourth-order valence-electron chi connectivity index (χ4n) is 2.96. The molecule has 0 fully saturated rings. The van der Waals surface area contributed by atoms with Crippen molar-refractivity contribution in [1.29, 1.82) is 0 Å². The zero-order chi connectivity index (χ0) is 20.8. The number of hydrogen-bond acceptors (Lipinski definition) is 5. The van der Waals surface area contributed by atoms with E-state index in [2.05, 4.69) is 5.32 Å². The zero-order valence-electron chi connectivity index (χ0n) is 16.0. The van der Waals surface area contributed by atoms with Gasteiger partial charge in [-0.25, -0.2) is 0 Å². The van der Waals surface area contributed by atoms with Crippen molar-refractivity contribution >= 4 is 23.3 Å². The molecule has 1 amide bonds. The number of aliphatic carboxylic acids is 1. The highest BCUT2D eigenvalue weighted by atomic mass is 16.6. The molecule has 0 spiro atoms. The molecule has 0 radical (unpaired) electrons. The van der Waals surface area contributed by atoms with Crippen LogP contribution in [0, 0.1) is 23.0 Å². The predicted octanol–water partition coefficient (Wildman–Crippen LogP) is 3.24. The molecule has 148 valence electrons. The molecule has 0 heterocycles. The van der Waals surface area contributed by atoms with Crippen LogP contribution in [0.3, 0.4) is 0 Å². The third-order valence-electron chi connectivity index (χ3n) is 4.40. The molecule has 2 rings (SSSR count). The first-order valence-electron chi connectivity index (χ1n) is 8.74. The summed E-state index contributed by atoms with van der Waals surface area (Å²) in [5.74, 6) is -2.12. The number of nitro benzene ring substituents is 1. The molecule has 0 saturated heterocycles. The number of amides is 1. The van der Waals surface area contributed by atoms with E-state index in [-0.39, 0.29) is 17.9 Å². The summed E-state index contributed by atoms with van der Waals surface area (Å²) >= 11 is 0. The second-order valence-corrected chi connectivity index (χ2v) is 6.76. The topological polar surface area (TPSA) is 113 Å². The molecule has 2 atom stereocenters. The van der Waals surface area contributed by atoms with Gasteiger partial charge in [0.15, 0.2) is 0 Å². The fourth-order valence-corrected chi connectivity index (χ4v) is 2.96. The molecule has 0 aliphatic carbocycles. The molecule has 0 saturated carbocycles. The number of benzene rings is 2.